The Bertz CT molecular complexity index is 854. The van der Waals surface area contributed by atoms with Gasteiger partial charge in [-0.1, -0.05) is 76.7 Å². The Hall–Kier alpha value is -1.25. The van der Waals surface area contributed by atoms with E-state index in [0.717, 1.165) is 48.4 Å². The first-order chi connectivity index (χ1) is 16.9. The van der Waals surface area contributed by atoms with E-state index in [1.54, 1.807) is 0 Å². The largest absolute Gasteiger partial charge is 0.461 e. The standard InChI is InChI=1S/C32H49BO2/c1-4-8-23-13-16-31(2)17-14-26-27(29(31)19-23)15-18-32(3)25(11-12-28(26)32)20-33-21-30(34)35-22-24-9-6-5-7-10-24/h5-7,9-10,23,25-29,33H,4,8,11-22H2,1-3H3. The van der Waals surface area contributed by atoms with Crippen molar-refractivity contribution >= 4 is 13.2 Å². The van der Waals surface area contributed by atoms with Crippen molar-refractivity contribution in [2.45, 2.75) is 111 Å². The molecule has 0 saturated heterocycles. The first-order valence-corrected chi connectivity index (χ1v) is 15.1. The molecule has 4 aliphatic carbocycles. The number of hydrogen-bond acceptors (Lipinski definition) is 2. The molecule has 2 nitrogen and oxygen atoms in total. The first-order valence-electron chi connectivity index (χ1n) is 15.1. The Morgan fingerprint density at radius 1 is 0.971 bits per heavy atom. The van der Waals surface area contributed by atoms with Crippen LogP contribution in [0.1, 0.15) is 97.0 Å². The van der Waals surface area contributed by atoms with Crippen molar-refractivity contribution in [3.05, 3.63) is 35.9 Å². The SMILES string of the molecule is CCCC1CCC2(C)CCC3C(CCC4(C)C(CBCC(=O)OCc5ccccc5)CCC34)C2C1. The highest BCUT2D eigenvalue weighted by Crippen LogP contribution is 2.67. The molecule has 0 radical (unpaired) electrons. The summed E-state index contributed by atoms with van der Waals surface area (Å²) in [6.45, 7) is 8.10. The van der Waals surface area contributed by atoms with E-state index in [1.165, 1.54) is 76.9 Å². The molecule has 4 saturated carbocycles. The van der Waals surface area contributed by atoms with Gasteiger partial charge in [0.2, 0.25) is 0 Å². The minimum Gasteiger partial charge on any atom is -0.461 e. The van der Waals surface area contributed by atoms with Gasteiger partial charge in [0, 0.05) is 6.32 Å². The zero-order valence-electron chi connectivity index (χ0n) is 22.8. The van der Waals surface area contributed by atoms with Gasteiger partial charge in [0.05, 0.1) is 0 Å². The fourth-order valence-electron chi connectivity index (χ4n) is 9.77. The maximum Gasteiger partial charge on any atom is 0.298 e. The van der Waals surface area contributed by atoms with Gasteiger partial charge in [0.1, 0.15) is 13.9 Å². The van der Waals surface area contributed by atoms with Crippen molar-refractivity contribution in [3.8, 4) is 0 Å². The number of benzene rings is 1. The van der Waals surface area contributed by atoms with Gasteiger partial charge in [0.25, 0.3) is 5.97 Å². The van der Waals surface area contributed by atoms with Gasteiger partial charge < -0.3 is 4.74 Å². The predicted octanol–water partition coefficient (Wildman–Crippen LogP) is 8.08. The molecule has 0 heterocycles. The van der Waals surface area contributed by atoms with Crippen LogP contribution in [0.3, 0.4) is 0 Å². The maximum atomic E-state index is 12.4. The number of ether oxygens (including phenoxy) is 1. The molecule has 4 fully saturated rings. The molecular weight excluding hydrogens is 427 g/mol. The third-order valence-corrected chi connectivity index (χ3v) is 11.7. The quantitative estimate of drug-likeness (QED) is 0.280. The lowest BCUT2D eigenvalue weighted by Crippen LogP contribution is -2.52. The fourth-order valence-corrected chi connectivity index (χ4v) is 9.77. The summed E-state index contributed by atoms with van der Waals surface area (Å²) in [6.07, 6.45) is 17.9. The van der Waals surface area contributed by atoms with Crippen LogP contribution in [0.5, 0.6) is 0 Å². The second-order valence-electron chi connectivity index (χ2n) is 13.5. The molecule has 1 aromatic rings. The number of hydrogen-bond donors (Lipinski definition) is 0. The molecule has 35 heavy (non-hydrogen) atoms. The van der Waals surface area contributed by atoms with Crippen molar-refractivity contribution in [1.29, 1.82) is 0 Å². The summed E-state index contributed by atoms with van der Waals surface area (Å²) in [5, 5.41) is 0. The average Bonchev–Trinajstić information content (AvgIpc) is 3.20. The highest BCUT2D eigenvalue weighted by atomic mass is 16.5. The molecule has 8 atom stereocenters. The Morgan fingerprint density at radius 3 is 2.51 bits per heavy atom. The third kappa shape index (κ3) is 5.12. The molecule has 5 rings (SSSR count). The zero-order chi connectivity index (χ0) is 24.5. The number of carbonyl (C=O) groups excluding carboxylic acids is 1. The normalized spacial score (nSPS) is 40.3. The number of carbonyl (C=O) groups is 1. The van der Waals surface area contributed by atoms with Gasteiger partial charge in [-0.05, 0) is 103 Å². The van der Waals surface area contributed by atoms with Crippen molar-refractivity contribution < 1.29 is 9.53 Å². The van der Waals surface area contributed by atoms with E-state index in [-0.39, 0.29) is 5.97 Å². The van der Waals surface area contributed by atoms with Crippen molar-refractivity contribution in [2.75, 3.05) is 0 Å². The van der Waals surface area contributed by atoms with Crippen LogP contribution < -0.4 is 0 Å². The monoisotopic (exact) mass is 476 g/mol. The summed E-state index contributed by atoms with van der Waals surface area (Å²) < 4.78 is 5.54. The van der Waals surface area contributed by atoms with E-state index in [9.17, 15) is 4.79 Å². The highest BCUT2D eigenvalue weighted by Gasteiger charge is 2.58. The van der Waals surface area contributed by atoms with E-state index in [4.69, 9.17) is 4.74 Å². The van der Waals surface area contributed by atoms with Gasteiger partial charge in [-0.15, -0.1) is 0 Å². The third-order valence-electron chi connectivity index (χ3n) is 11.7. The van der Waals surface area contributed by atoms with Crippen LogP contribution in [0.2, 0.25) is 12.6 Å². The van der Waals surface area contributed by atoms with Crippen molar-refractivity contribution in [3.63, 3.8) is 0 Å². The summed E-state index contributed by atoms with van der Waals surface area (Å²) in [6, 6.07) is 10.0. The van der Waals surface area contributed by atoms with Gasteiger partial charge >= 0.3 is 0 Å². The summed E-state index contributed by atoms with van der Waals surface area (Å²) >= 11 is 0. The predicted molar refractivity (Wildman–Crippen MR) is 147 cm³/mol. The molecule has 0 bridgehead atoms. The molecule has 1 aromatic carbocycles. The number of fused-ring (bicyclic) bond motifs is 5. The van der Waals surface area contributed by atoms with Gasteiger partial charge in [-0.3, -0.25) is 4.79 Å². The summed E-state index contributed by atoms with van der Waals surface area (Å²) in [4.78, 5) is 12.4. The van der Waals surface area contributed by atoms with Crippen LogP contribution in [-0.2, 0) is 16.1 Å². The molecule has 0 amide bonds. The second kappa shape index (κ2) is 10.6. The van der Waals surface area contributed by atoms with E-state index in [2.05, 4.69) is 20.8 Å². The van der Waals surface area contributed by atoms with E-state index in [1.807, 2.05) is 30.3 Å². The lowest BCUT2D eigenvalue weighted by atomic mass is 9.45. The molecule has 0 aliphatic heterocycles. The van der Waals surface area contributed by atoms with Crippen LogP contribution in [0.4, 0.5) is 0 Å². The maximum absolute atomic E-state index is 12.4. The number of esters is 1. The molecule has 192 valence electrons. The lowest BCUT2D eigenvalue weighted by Gasteiger charge is -2.60. The van der Waals surface area contributed by atoms with Gasteiger partial charge in [-0.25, -0.2) is 0 Å². The summed E-state index contributed by atoms with van der Waals surface area (Å²) in [5.41, 5.74) is 2.23. The van der Waals surface area contributed by atoms with Crippen molar-refractivity contribution in [2.24, 2.45) is 46.3 Å². The van der Waals surface area contributed by atoms with Crippen LogP contribution in [0.25, 0.3) is 0 Å². The molecule has 4 aliphatic rings. The lowest BCUT2D eigenvalue weighted by molar-refractivity contribution is -0.142. The molecule has 0 spiro atoms. The molecule has 0 aromatic heterocycles. The Kier molecular flexibility index (Phi) is 7.71. The van der Waals surface area contributed by atoms with Gasteiger partial charge in [0.15, 0.2) is 0 Å². The molecule has 0 N–H and O–H groups in total. The van der Waals surface area contributed by atoms with E-state index in [0.29, 0.717) is 23.8 Å². The van der Waals surface area contributed by atoms with E-state index >= 15 is 0 Å². The second-order valence-corrected chi connectivity index (χ2v) is 13.5. The molecular formula is C32H49BO2. The van der Waals surface area contributed by atoms with Gasteiger partial charge in [-0.2, -0.15) is 0 Å². The molecule has 8 unspecified atom stereocenters. The van der Waals surface area contributed by atoms with Crippen LogP contribution >= 0.6 is 0 Å². The van der Waals surface area contributed by atoms with E-state index < -0.39 is 0 Å². The Balaban J connectivity index is 1.15. The zero-order valence-corrected chi connectivity index (χ0v) is 22.8. The first kappa shape index (κ1) is 25.4. The molecule has 3 heteroatoms. The smallest absolute Gasteiger partial charge is 0.298 e. The van der Waals surface area contributed by atoms with Crippen molar-refractivity contribution in [1.82, 2.24) is 0 Å². The minimum atomic E-state index is -0.0252. The minimum absolute atomic E-state index is 0.0252. The summed E-state index contributed by atoms with van der Waals surface area (Å²) in [5.74, 6) is 5.70. The average molecular weight is 477 g/mol. The van der Waals surface area contributed by atoms with Crippen LogP contribution in [0, 0.1) is 46.3 Å². The Morgan fingerprint density at radius 2 is 1.71 bits per heavy atom. The van der Waals surface area contributed by atoms with Crippen LogP contribution in [-0.4, -0.2) is 13.2 Å². The Labute approximate surface area is 215 Å². The topological polar surface area (TPSA) is 26.3 Å². The highest BCUT2D eigenvalue weighted by molar-refractivity contribution is 6.40. The summed E-state index contributed by atoms with van der Waals surface area (Å²) in [7, 11) is 0.994. The fraction of sp³-hybridized carbons (Fsp3) is 0.781. The number of rotatable bonds is 8. The van der Waals surface area contributed by atoms with Crippen LogP contribution in [0.15, 0.2) is 30.3 Å².